The van der Waals surface area contributed by atoms with Gasteiger partial charge in [0, 0.05) is 5.92 Å². The van der Waals surface area contributed by atoms with Crippen LogP contribution in [0.4, 0.5) is 0 Å². The molecule has 0 aliphatic heterocycles. The summed E-state index contributed by atoms with van der Waals surface area (Å²) in [5.74, 6) is 0.758. The van der Waals surface area contributed by atoms with E-state index >= 15 is 0 Å². The van der Waals surface area contributed by atoms with Gasteiger partial charge in [-0.15, -0.1) is 0 Å². The molecule has 0 radical (unpaired) electrons. The van der Waals surface area contributed by atoms with Gasteiger partial charge in [0.05, 0.1) is 0 Å². The molecular formula is C8H11N5O2. The van der Waals surface area contributed by atoms with E-state index in [0.717, 1.165) is 4.68 Å². The van der Waals surface area contributed by atoms with E-state index in [-0.39, 0.29) is 5.92 Å². The van der Waals surface area contributed by atoms with E-state index < -0.39 is 5.69 Å². The molecule has 0 aliphatic carbocycles. The largest absolute Gasteiger partial charge is 0.366 e. The molecule has 0 saturated heterocycles. The fraction of sp³-hybridized carbons (Fsp3) is 0.500. The minimum Gasteiger partial charge on any atom is -0.358 e. The zero-order valence-electron chi connectivity index (χ0n) is 8.68. The Hall–Kier alpha value is -1.92. The van der Waals surface area contributed by atoms with Crippen molar-refractivity contribution in [3.63, 3.8) is 0 Å². The third kappa shape index (κ3) is 1.45. The minimum atomic E-state index is -0.400. The second kappa shape index (κ2) is 3.34. The van der Waals surface area contributed by atoms with Crippen molar-refractivity contribution < 1.29 is 4.52 Å². The van der Waals surface area contributed by atoms with E-state index in [1.807, 2.05) is 13.8 Å². The van der Waals surface area contributed by atoms with Crippen molar-refractivity contribution >= 4 is 0 Å². The molecular weight excluding hydrogens is 198 g/mol. The van der Waals surface area contributed by atoms with Crippen molar-refractivity contribution in [3.05, 3.63) is 21.9 Å². The van der Waals surface area contributed by atoms with Crippen LogP contribution < -0.4 is 5.69 Å². The molecule has 0 atom stereocenters. The summed E-state index contributed by atoms with van der Waals surface area (Å²) < 4.78 is 6.30. The molecule has 0 unspecified atom stereocenters. The molecule has 15 heavy (non-hydrogen) atoms. The van der Waals surface area contributed by atoms with Crippen molar-refractivity contribution in [2.75, 3.05) is 0 Å². The molecule has 0 amide bonds. The Morgan fingerprint density at radius 2 is 2.20 bits per heavy atom. The highest BCUT2D eigenvalue weighted by Crippen LogP contribution is 2.23. The molecule has 0 aromatic carbocycles. The molecule has 1 N–H and O–H groups in total. The standard InChI is InChI=1S/C8H11N5O2/c1-4(2)7-6(5(3)10-15-7)13-8(14)9-11-12-13/h4H,1-3H3,(H,9,12,14). The van der Waals surface area contributed by atoms with Gasteiger partial charge in [-0.3, -0.25) is 0 Å². The van der Waals surface area contributed by atoms with E-state index in [4.69, 9.17) is 4.52 Å². The number of H-pyrrole nitrogens is 1. The third-order valence-corrected chi connectivity index (χ3v) is 2.07. The summed E-state index contributed by atoms with van der Waals surface area (Å²) in [5.41, 5.74) is 0.793. The van der Waals surface area contributed by atoms with Gasteiger partial charge in [0.25, 0.3) is 0 Å². The van der Waals surface area contributed by atoms with Gasteiger partial charge in [0.15, 0.2) is 5.76 Å². The lowest BCUT2D eigenvalue weighted by atomic mass is 10.1. The Labute approximate surface area is 85.1 Å². The summed E-state index contributed by atoms with van der Waals surface area (Å²) in [7, 11) is 0. The Bertz CT molecular complexity index is 521. The number of aromatic nitrogens is 5. The van der Waals surface area contributed by atoms with Gasteiger partial charge < -0.3 is 4.52 Å². The third-order valence-electron chi connectivity index (χ3n) is 2.07. The van der Waals surface area contributed by atoms with Gasteiger partial charge in [-0.2, -0.15) is 4.68 Å². The van der Waals surface area contributed by atoms with E-state index in [2.05, 4.69) is 20.7 Å². The van der Waals surface area contributed by atoms with Gasteiger partial charge in [-0.1, -0.05) is 19.0 Å². The molecule has 0 fully saturated rings. The van der Waals surface area contributed by atoms with E-state index in [1.165, 1.54) is 0 Å². The summed E-state index contributed by atoms with van der Waals surface area (Å²) in [6.45, 7) is 5.66. The summed E-state index contributed by atoms with van der Waals surface area (Å²) in [6, 6.07) is 0. The topological polar surface area (TPSA) is 89.6 Å². The average Bonchev–Trinajstić information content (AvgIpc) is 2.71. The van der Waals surface area contributed by atoms with Crippen molar-refractivity contribution in [1.82, 2.24) is 25.4 Å². The van der Waals surface area contributed by atoms with Crippen LogP contribution in [-0.2, 0) is 0 Å². The Kier molecular flexibility index (Phi) is 2.14. The highest BCUT2D eigenvalue weighted by atomic mass is 16.5. The fourth-order valence-corrected chi connectivity index (χ4v) is 1.36. The lowest BCUT2D eigenvalue weighted by Crippen LogP contribution is -2.17. The lowest BCUT2D eigenvalue weighted by molar-refractivity contribution is 0.367. The predicted molar refractivity (Wildman–Crippen MR) is 50.9 cm³/mol. The molecule has 0 aliphatic rings. The maximum atomic E-state index is 11.4. The number of nitrogens with one attached hydrogen (secondary N) is 1. The zero-order valence-corrected chi connectivity index (χ0v) is 8.68. The van der Waals surface area contributed by atoms with E-state index in [9.17, 15) is 4.79 Å². The predicted octanol–water partition coefficient (Wildman–Crippen LogP) is 0.375. The van der Waals surface area contributed by atoms with Crippen molar-refractivity contribution in [2.24, 2.45) is 0 Å². The van der Waals surface area contributed by atoms with Crippen LogP contribution in [0.5, 0.6) is 0 Å². The van der Waals surface area contributed by atoms with Crippen LogP contribution in [-0.4, -0.2) is 25.4 Å². The highest BCUT2D eigenvalue weighted by molar-refractivity contribution is 5.38. The first-order valence-corrected chi connectivity index (χ1v) is 4.58. The van der Waals surface area contributed by atoms with Gasteiger partial charge in [-0.25, -0.2) is 9.89 Å². The maximum absolute atomic E-state index is 11.4. The van der Waals surface area contributed by atoms with Crippen LogP contribution in [0, 0.1) is 6.92 Å². The maximum Gasteiger partial charge on any atom is 0.366 e. The molecule has 0 bridgehead atoms. The number of aromatic amines is 1. The normalized spacial score (nSPS) is 11.2. The number of rotatable bonds is 2. The van der Waals surface area contributed by atoms with Gasteiger partial charge in [0.2, 0.25) is 0 Å². The van der Waals surface area contributed by atoms with Crippen LogP contribution in [0.1, 0.15) is 31.2 Å². The van der Waals surface area contributed by atoms with Crippen molar-refractivity contribution in [2.45, 2.75) is 26.7 Å². The summed E-state index contributed by atoms with van der Waals surface area (Å²) in [4.78, 5) is 11.4. The second-order valence-electron chi connectivity index (χ2n) is 3.55. The van der Waals surface area contributed by atoms with Crippen LogP contribution in [0.15, 0.2) is 9.32 Å². The number of nitrogens with zero attached hydrogens (tertiary/aromatic N) is 4. The van der Waals surface area contributed by atoms with Crippen molar-refractivity contribution in [1.29, 1.82) is 0 Å². The van der Waals surface area contributed by atoms with Gasteiger partial charge in [0.1, 0.15) is 11.4 Å². The SMILES string of the molecule is Cc1noc(C(C)C)c1-n1nn[nH]c1=O. The van der Waals surface area contributed by atoms with Crippen LogP contribution in [0.3, 0.4) is 0 Å². The van der Waals surface area contributed by atoms with Gasteiger partial charge in [-0.05, 0) is 17.4 Å². The first kappa shape index (κ1) is 9.63. The van der Waals surface area contributed by atoms with Crippen LogP contribution in [0.25, 0.3) is 5.69 Å². The number of hydrogen-bond donors (Lipinski definition) is 1. The minimum absolute atomic E-state index is 0.129. The Morgan fingerprint density at radius 1 is 1.47 bits per heavy atom. The van der Waals surface area contributed by atoms with Gasteiger partial charge >= 0.3 is 5.69 Å². The number of aryl methyl sites for hydroxylation is 1. The van der Waals surface area contributed by atoms with E-state index in [1.54, 1.807) is 6.92 Å². The van der Waals surface area contributed by atoms with Crippen LogP contribution >= 0.6 is 0 Å². The highest BCUT2D eigenvalue weighted by Gasteiger charge is 2.20. The second-order valence-corrected chi connectivity index (χ2v) is 3.55. The Morgan fingerprint density at radius 3 is 2.73 bits per heavy atom. The van der Waals surface area contributed by atoms with E-state index in [0.29, 0.717) is 17.1 Å². The van der Waals surface area contributed by atoms with Crippen LogP contribution in [0.2, 0.25) is 0 Å². The Balaban J connectivity index is 2.67. The first-order chi connectivity index (χ1) is 7.11. The fourth-order valence-electron chi connectivity index (χ4n) is 1.36. The summed E-state index contributed by atoms with van der Waals surface area (Å²) in [6.07, 6.45) is 0. The molecule has 2 aromatic rings. The molecule has 80 valence electrons. The molecule has 2 rings (SSSR count). The molecule has 2 heterocycles. The number of hydrogen-bond acceptors (Lipinski definition) is 5. The lowest BCUT2D eigenvalue weighted by Gasteiger charge is -2.01. The molecule has 0 spiro atoms. The molecule has 0 saturated carbocycles. The quantitative estimate of drug-likeness (QED) is 0.772. The smallest absolute Gasteiger partial charge is 0.358 e. The monoisotopic (exact) mass is 209 g/mol. The summed E-state index contributed by atoms with van der Waals surface area (Å²) in [5, 5.41) is 13.1. The van der Waals surface area contributed by atoms with Crippen molar-refractivity contribution in [3.8, 4) is 5.69 Å². The molecule has 7 nitrogen and oxygen atoms in total. The molecule has 2 aromatic heterocycles. The molecule has 7 heteroatoms. The summed E-state index contributed by atoms with van der Waals surface area (Å²) >= 11 is 0. The zero-order chi connectivity index (χ0) is 11.0. The first-order valence-electron chi connectivity index (χ1n) is 4.58. The number of tetrazole rings is 1. The average molecular weight is 209 g/mol.